The second-order valence-electron chi connectivity index (χ2n) is 4.89. The Morgan fingerprint density at radius 3 is 2.40 bits per heavy atom. The molecule has 0 amide bonds. The fourth-order valence-electron chi connectivity index (χ4n) is 2.09. The van der Waals surface area contributed by atoms with Crippen LogP contribution in [0.5, 0.6) is 5.75 Å². The van der Waals surface area contributed by atoms with E-state index in [2.05, 4.69) is 16.0 Å². The third kappa shape index (κ3) is 3.03. The van der Waals surface area contributed by atoms with Gasteiger partial charge in [-0.15, -0.1) is 0 Å². The van der Waals surface area contributed by atoms with E-state index in [1.54, 1.807) is 19.3 Å². The van der Waals surface area contributed by atoms with Crippen LogP contribution in [0.25, 0.3) is 0 Å². The molecule has 2 aromatic rings. The molecular weight excluding hydrogens is 252 g/mol. The zero-order valence-corrected chi connectivity index (χ0v) is 11.9. The van der Waals surface area contributed by atoms with Gasteiger partial charge >= 0.3 is 0 Å². The van der Waals surface area contributed by atoms with Gasteiger partial charge in [0.15, 0.2) is 0 Å². The van der Waals surface area contributed by atoms with Gasteiger partial charge in [-0.1, -0.05) is 6.07 Å². The van der Waals surface area contributed by atoms with Crippen molar-refractivity contribution in [3.05, 3.63) is 52.3 Å². The van der Waals surface area contributed by atoms with E-state index in [0.29, 0.717) is 16.8 Å². The molecule has 20 heavy (non-hydrogen) atoms. The molecule has 0 atom stereocenters. The fraction of sp³-hybridized carbons (Fsp3) is 0.250. The molecule has 0 saturated carbocycles. The summed E-state index contributed by atoms with van der Waals surface area (Å²) >= 11 is 0. The molecule has 0 bridgehead atoms. The number of hydrogen-bond acceptors (Lipinski definition) is 4. The van der Waals surface area contributed by atoms with Crippen LogP contribution >= 0.6 is 0 Å². The lowest BCUT2D eigenvalue weighted by Crippen LogP contribution is -1.97. The second-order valence-corrected chi connectivity index (χ2v) is 4.89. The molecule has 0 aliphatic heterocycles. The van der Waals surface area contributed by atoms with Gasteiger partial charge in [0.2, 0.25) is 0 Å². The molecule has 0 unspecified atom stereocenters. The van der Waals surface area contributed by atoms with E-state index in [1.807, 2.05) is 26.0 Å². The van der Waals surface area contributed by atoms with Crippen LogP contribution in [0.1, 0.15) is 27.9 Å². The van der Waals surface area contributed by atoms with Gasteiger partial charge in [-0.2, -0.15) is 0 Å². The monoisotopic (exact) mass is 270 g/mol. The lowest BCUT2D eigenvalue weighted by Gasteiger charge is -2.07. The van der Waals surface area contributed by atoms with E-state index in [1.165, 1.54) is 0 Å². The maximum absolute atomic E-state index is 10.0. The molecule has 4 heteroatoms. The van der Waals surface area contributed by atoms with Crippen molar-refractivity contribution in [3.8, 4) is 5.75 Å². The van der Waals surface area contributed by atoms with E-state index >= 15 is 0 Å². The molecule has 0 aliphatic carbocycles. The molecular formula is C16H18N2O2. The minimum atomic E-state index is -0.185. The fourth-order valence-corrected chi connectivity index (χ4v) is 2.09. The zero-order chi connectivity index (χ0) is 14.7. The number of hydrogen-bond donors (Lipinski definition) is 2. The van der Waals surface area contributed by atoms with Gasteiger partial charge in [-0.3, -0.25) is 9.98 Å². The lowest BCUT2D eigenvalue weighted by molar-refractivity contribution is 0.280. The third-order valence-electron chi connectivity index (χ3n) is 3.08. The first-order valence-corrected chi connectivity index (χ1v) is 6.42. The standard InChI is InChI=1S/C16H18N2O2/c1-10-4-11(2)6-14(5-10)18-8-15-13(9-19)7-17-12(3)16(15)20/h4-8,19-20H,9H2,1-3H3. The Balaban J connectivity index is 2.43. The highest BCUT2D eigenvalue weighted by molar-refractivity contribution is 5.87. The summed E-state index contributed by atoms with van der Waals surface area (Å²) in [6.07, 6.45) is 3.13. The first kappa shape index (κ1) is 14.2. The highest BCUT2D eigenvalue weighted by Gasteiger charge is 2.09. The molecule has 0 aliphatic rings. The van der Waals surface area contributed by atoms with Gasteiger partial charge < -0.3 is 10.2 Å². The average molecular weight is 270 g/mol. The number of rotatable bonds is 3. The molecule has 1 aromatic carbocycles. The predicted molar refractivity (Wildman–Crippen MR) is 79.7 cm³/mol. The summed E-state index contributed by atoms with van der Waals surface area (Å²) in [5.41, 5.74) is 4.68. The summed E-state index contributed by atoms with van der Waals surface area (Å²) in [6, 6.07) is 6.01. The summed E-state index contributed by atoms with van der Waals surface area (Å²) in [4.78, 5) is 8.41. The molecule has 1 heterocycles. The van der Waals surface area contributed by atoms with Crippen molar-refractivity contribution in [2.75, 3.05) is 0 Å². The number of nitrogens with zero attached hydrogens (tertiary/aromatic N) is 2. The first-order chi connectivity index (χ1) is 9.51. The van der Waals surface area contributed by atoms with Gasteiger partial charge in [0.05, 0.1) is 18.0 Å². The molecule has 0 fully saturated rings. The van der Waals surface area contributed by atoms with E-state index < -0.39 is 0 Å². The van der Waals surface area contributed by atoms with Crippen molar-refractivity contribution in [1.82, 2.24) is 4.98 Å². The Bertz CT molecular complexity index is 644. The van der Waals surface area contributed by atoms with Crippen LogP contribution in [0.3, 0.4) is 0 Å². The van der Waals surface area contributed by atoms with Crippen molar-refractivity contribution in [2.24, 2.45) is 4.99 Å². The number of aromatic nitrogens is 1. The normalized spacial score (nSPS) is 11.2. The van der Waals surface area contributed by atoms with E-state index in [0.717, 1.165) is 16.8 Å². The Hall–Kier alpha value is -2.20. The van der Waals surface area contributed by atoms with Crippen molar-refractivity contribution in [2.45, 2.75) is 27.4 Å². The zero-order valence-electron chi connectivity index (χ0n) is 11.9. The maximum atomic E-state index is 10.0. The van der Waals surface area contributed by atoms with Gasteiger partial charge in [-0.25, -0.2) is 0 Å². The largest absolute Gasteiger partial charge is 0.505 e. The molecule has 1 aromatic heterocycles. The molecule has 0 spiro atoms. The Labute approximate surface area is 118 Å². The quantitative estimate of drug-likeness (QED) is 0.843. The summed E-state index contributed by atoms with van der Waals surface area (Å²) in [5.74, 6) is 0.0599. The minimum Gasteiger partial charge on any atom is -0.505 e. The van der Waals surface area contributed by atoms with E-state index in [-0.39, 0.29) is 12.4 Å². The van der Waals surface area contributed by atoms with E-state index in [4.69, 9.17) is 0 Å². The SMILES string of the molecule is Cc1cc(C)cc(N=Cc2c(CO)cnc(C)c2O)c1. The van der Waals surface area contributed by atoms with Gasteiger partial charge in [0, 0.05) is 23.5 Å². The van der Waals surface area contributed by atoms with Crippen LogP contribution in [0.15, 0.2) is 29.4 Å². The number of aliphatic hydroxyl groups is 1. The van der Waals surface area contributed by atoms with Crippen LogP contribution in [0, 0.1) is 20.8 Å². The van der Waals surface area contributed by atoms with Crippen LogP contribution in [0.4, 0.5) is 5.69 Å². The molecule has 0 saturated heterocycles. The number of pyridine rings is 1. The van der Waals surface area contributed by atoms with Gasteiger partial charge in [-0.05, 0) is 44.0 Å². The second kappa shape index (κ2) is 5.84. The maximum Gasteiger partial charge on any atom is 0.145 e. The van der Waals surface area contributed by atoms with Crippen LogP contribution in [-0.4, -0.2) is 21.4 Å². The van der Waals surface area contributed by atoms with Crippen molar-refractivity contribution >= 4 is 11.9 Å². The smallest absolute Gasteiger partial charge is 0.145 e. The molecule has 0 radical (unpaired) electrons. The van der Waals surface area contributed by atoms with E-state index in [9.17, 15) is 10.2 Å². The number of aliphatic imine (C=N–C) groups is 1. The van der Waals surface area contributed by atoms with Crippen molar-refractivity contribution < 1.29 is 10.2 Å². The number of aliphatic hydroxyl groups excluding tert-OH is 1. The highest BCUT2D eigenvalue weighted by atomic mass is 16.3. The summed E-state index contributed by atoms with van der Waals surface area (Å²) in [7, 11) is 0. The minimum absolute atomic E-state index is 0.0599. The average Bonchev–Trinajstić information content (AvgIpc) is 2.39. The van der Waals surface area contributed by atoms with Gasteiger partial charge in [0.1, 0.15) is 5.75 Å². The number of benzene rings is 1. The van der Waals surface area contributed by atoms with Crippen molar-refractivity contribution in [3.63, 3.8) is 0 Å². The molecule has 4 nitrogen and oxygen atoms in total. The Kier molecular flexibility index (Phi) is 4.15. The van der Waals surface area contributed by atoms with Crippen LogP contribution in [-0.2, 0) is 6.61 Å². The van der Waals surface area contributed by atoms with Gasteiger partial charge in [0.25, 0.3) is 0 Å². The lowest BCUT2D eigenvalue weighted by atomic mass is 10.1. The summed E-state index contributed by atoms with van der Waals surface area (Å²) in [6.45, 7) is 5.55. The topological polar surface area (TPSA) is 65.7 Å². The number of aryl methyl sites for hydroxylation is 3. The van der Waals surface area contributed by atoms with Crippen LogP contribution in [0.2, 0.25) is 0 Å². The molecule has 2 rings (SSSR count). The number of aromatic hydroxyl groups is 1. The third-order valence-corrected chi connectivity index (χ3v) is 3.08. The summed E-state index contributed by atoms with van der Waals surface area (Å²) in [5, 5.41) is 19.3. The Morgan fingerprint density at radius 2 is 1.80 bits per heavy atom. The Morgan fingerprint density at radius 1 is 1.15 bits per heavy atom. The molecule has 104 valence electrons. The van der Waals surface area contributed by atoms with Crippen molar-refractivity contribution in [1.29, 1.82) is 0 Å². The first-order valence-electron chi connectivity index (χ1n) is 6.42. The predicted octanol–water partition coefficient (Wildman–Crippen LogP) is 2.96. The molecule has 2 N–H and O–H groups in total. The summed E-state index contributed by atoms with van der Waals surface area (Å²) < 4.78 is 0. The van der Waals surface area contributed by atoms with Crippen LogP contribution < -0.4 is 0 Å². The highest BCUT2D eigenvalue weighted by Crippen LogP contribution is 2.23.